The zero-order valence-electron chi connectivity index (χ0n) is 6.26. The number of hydrogen-bond acceptors (Lipinski definition) is 2. The first-order valence-electron chi connectivity index (χ1n) is 3.54. The van der Waals surface area contributed by atoms with Gasteiger partial charge in [-0.05, 0) is 12.8 Å². The first-order chi connectivity index (χ1) is 5.52. The summed E-state index contributed by atoms with van der Waals surface area (Å²) in [5, 5.41) is 8.51. The molecule has 1 saturated carbocycles. The highest BCUT2D eigenvalue weighted by Gasteiger charge is 2.34. The molecule has 68 valence electrons. The second kappa shape index (κ2) is 3.18. The third kappa shape index (κ3) is 1.61. The maximum Gasteiger partial charge on any atom is 0.306 e. The van der Waals surface area contributed by atoms with Gasteiger partial charge in [0.2, 0.25) is 0 Å². The van der Waals surface area contributed by atoms with E-state index < -0.39 is 24.0 Å². The quantitative estimate of drug-likeness (QED) is 0.627. The molecule has 1 aliphatic rings. The summed E-state index contributed by atoms with van der Waals surface area (Å²) in [5.74, 6) is -1.79. The molecule has 0 radical (unpaired) electrons. The van der Waals surface area contributed by atoms with Crippen molar-refractivity contribution >= 4 is 5.97 Å². The highest BCUT2D eigenvalue weighted by molar-refractivity contribution is 5.71. The lowest BCUT2D eigenvalue weighted by molar-refractivity contribution is -0.141. The van der Waals surface area contributed by atoms with Gasteiger partial charge >= 0.3 is 5.97 Å². The van der Waals surface area contributed by atoms with Gasteiger partial charge in [0.15, 0.2) is 0 Å². The molecule has 1 unspecified atom stereocenters. The van der Waals surface area contributed by atoms with Gasteiger partial charge in [0, 0.05) is 11.6 Å². The van der Waals surface area contributed by atoms with Gasteiger partial charge in [-0.3, -0.25) is 4.79 Å². The Balaban J connectivity index is 2.76. The molecular weight excluding hydrogens is 168 g/mol. The monoisotopic (exact) mass is 177 g/mol. The molecule has 0 aromatic heterocycles. The molecule has 0 aliphatic heterocycles. The molecule has 3 N–H and O–H groups in total. The topological polar surface area (TPSA) is 63.3 Å². The van der Waals surface area contributed by atoms with Crippen LogP contribution in [0.5, 0.6) is 0 Å². The molecule has 0 saturated heterocycles. The summed E-state index contributed by atoms with van der Waals surface area (Å²) in [5.41, 5.74) is 5.10. The summed E-state index contributed by atoms with van der Waals surface area (Å²) in [6.07, 6.45) is -1.83. The summed E-state index contributed by atoms with van der Waals surface area (Å²) in [7, 11) is 0. The molecule has 1 rings (SSSR count). The number of halogens is 2. The Morgan fingerprint density at radius 1 is 1.58 bits per heavy atom. The van der Waals surface area contributed by atoms with Crippen molar-refractivity contribution in [2.75, 3.05) is 0 Å². The second-order valence-electron chi connectivity index (χ2n) is 2.87. The molecule has 3 nitrogen and oxygen atoms in total. The molecule has 2 atom stereocenters. The average Bonchev–Trinajstić information content (AvgIpc) is 2.30. The van der Waals surface area contributed by atoms with Crippen LogP contribution >= 0.6 is 0 Å². The van der Waals surface area contributed by atoms with Crippen LogP contribution in [0.25, 0.3) is 0 Å². The Morgan fingerprint density at radius 3 is 2.42 bits per heavy atom. The van der Waals surface area contributed by atoms with Gasteiger partial charge in [0.05, 0.1) is 5.92 Å². The summed E-state index contributed by atoms with van der Waals surface area (Å²) >= 11 is 0. The van der Waals surface area contributed by atoms with Crippen molar-refractivity contribution in [1.82, 2.24) is 0 Å². The molecule has 12 heavy (non-hydrogen) atoms. The molecule has 0 aromatic carbocycles. The van der Waals surface area contributed by atoms with Gasteiger partial charge < -0.3 is 10.8 Å². The predicted molar refractivity (Wildman–Crippen MR) is 37.6 cm³/mol. The molecule has 0 aromatic rings. The first-order valence-corrected chi connectivity index (χ1v) is 3.54. The fraction of sp³-hybridized carbons (Fsp3) is 0.571. The van der Waals surface area contributed by atoms with E-state index in [0.717, 1.165) is 0 Å². The van der Waals surface area contributed by atoms with E-state index in [9.17, 15) is 13.6 Å². The SMILES string of the molecule is NC1C[C@@H](C(=O)O)CC1=C(F)F. The van der Waals surface area contributed by atoms with Crippen molar-refractivity contribution in [3.63, 3.8) is 0 Å². The molecule has 0 amide bonds. The van der Waals surface area contributed by atoms with Crippen LogP contribution in [0.3, 0.4) is 0 Å². The Kier molecular flexibility index (Phi) is 2.42. The Morgan fingerprint density at radius 2 is 2.17 bits per heavy atom. The average molecular weight is 177 g/mol. The summed E-state index contributed by atoms with van der Waals surface area (Å²) in [6.45, 7) is 0. The van der Waals surface area contributed by atoms with Crippen LogP contribution in [-0.4, -0.2) is 17.1 Å². The van der Waals surface area contributed by atoms with Gasteiger partial charge in [-0.25, -0.2) is 0 Å². The lowest BCUT2D eigenvalue weighted by Crippen LogP contribution is -2.19. The molecule has 5 heteroatoms. The zero-order valence-corrected chi connectivity index (χ0v) is 6.26. The number of rotatable bonds is 1. The first kappa shape index (κ1) is 9.12. The van der Waals surface area contributed by atoms with Gasteiger partial charge in [0.1, 0.15) is 0 Å². The van der Waals surface area contributed by atoms with Crippen molar-refractivity contribution < 1.29 is 18.7 Å². The Labute approximate surface area is 67.9 Å². The minimum Gasteiger partial charge on any atom is -0.481 e. The maximum atomic E-state index is 12.0. The molecule has 1 aliphatic carbocycles. The molecule has 0 heterocycles. The fourth-order valence-electron chi connectivity index (χ4n) is 1.35. The second-order valence-corrected chi connectivity index (χ2v) is 2.87. The van der Waals surface area contributed by atoms with Crippen LogP contribution in [0.1, 0.15) is 12.8 Å². The van der Waals surface area contributed by atoms with Crippen molar-refractivity contribution in [2.24, 2.45) is 11.7 Å². The van der Waals surface area contributed by atoms with E-state index in [4.69, 9.17) is 10.8 Å². The van der Waals surface area contributed by atoms with Gasteiger partial charge in [0.25, 0.3) is 6.08 Å². The van der Waals surface area contributed by atoms with Crippen LogP contribution in [0.2, 0.25) is 0 Å². The Hall–Kier alpha value is -0.970. The minimum atomic E-state index is -1.83. The fourth-order valence-corrected chi connectivity index (χ4v) is 1.35. The highest BCUT2D eigenvalue weighted by Crippen LogP contribution is 2.32. The largest absolute Gasteiger partial charge is 0.481 e. The highest BCUT2D eigenvalue weighted by atomic mass is 19.3. The Bertz CT molecular complexity index is 236. The van der Waals surface area contributed by atoms with Crippen LogP contribution in [0.4, 0.5) is 8.78 Å². The van der Waals surface area contributed by atoms with Crippen LogP contribution in [-0.2, 0) is 4.79 Å². The lowest BCUT2D eigenvalue weighted by Gasteiger charge is -2.00. The third-order valence-electron chi connectivity index (χ3n) is 2.04. The lowest BCUT2D eigenvalue weighted by atomic mass is 10.1. The normalized spacial score (nSPS) is 29.1. The van der Waals surface area contributed by atoms with Crippen LogP contribution < -0.4 is 5.73 Å². The maximum absolute atomic E-state index is 12.0. The standard InChI is InChI=1S/C7H9F2NO2/c8-6(9)4-1-3(7(11)12)2-5(4)10/h3,5H,1-2,10H2,(H,11,12)/t3-,5?/m0/s1. The number of carboxylic acids is 1. The summed E-state index contributed by atoms with van der Waals surface area (Å²) in [4.78, 5) is 10.4. The smallest absolute Gasteiger partial charge is 0.306 e. The zero-order chi connectivity index (χ0) is 9.30. The summed E-state index contributed by atoms with van der Waals surface area (Å²) in [6, 6.07) is -0.781. The van der Waals surface area contributed by atoms with Crippen molar-refractivity contribution in [3.05, 3.63) is 11.7 Å². The number of hydrogen-bond donors (Lipinski definition) is 2. The molecular formula is C7H9F2NO2. The number of carbonyl (C=O) groups is 1. The van der Waals surface area contributed by atoms with Crippen LogP contribution in [0, 0.1) is 5.92 Å². The summed E-state index contributed by atoms with van der Waals surface area (Å²) < 4.78 is 24.1. The van der Waals surface area contributed by atoms with Crippen molar-refractivity contribution in [1.29, 1.82) is 0 Å². The third-order valence-corrected chi connectivity index (χ3v) is 2.04. The van der Waals surface area contributed by atoms with E-state index in [0.29, 0.717) is 0 Å². The van der Waals surface area contributed by atoms with E-state index in [2.05, 4.69) is 0 Å². The minimum absolute atomic E-state index is 0.112. The number of aliphatic carboxylic acids is 1. The molecule has 0 spiro atoms. The van der Waals surface area contributed by atoms with Crippen molar-refractivity contribution in [3.8, 4) is 0 Å². The van der Waals surface area contributed by atoms with E-state index in [1.54, 1.807) is 0 Å². The van der Waals surface area contributed by atoms with Gasteiger partial charge in [-0.15, -0.1) is 0 Å². The molecule has 0 bridgehead atoms. The van der Waals surface area contributed by atoms with Crippen molar-refractivity contribution in [2.45, 2.75) is 18.9 Å². The van der Waals surface area contributed by atoms with Gasteiger partial charge in [-0.1, -0.05) is 0 Å². The van der Waals surface area contributed by atoms with E-state index in [1.165, 1.54) is 0 Å². The number of nitrogens with two attached hydrogens (primary N) is 1. The number of carboxylic acid groups (broad SMARTS) is 1. The molecule has 1 fully saturated rings. The van der Waals surface area contributed by atoms with E-state index in [-0.39, 0.29) is 18.4 Å². The van der Waals surface area contributed by atoms with E-state index >= 15 is 0 Å². The van der Waals surface area contributed by atoms with Gasteiger partial charge in [-0.2, -0.15) is 8.78 Å². The predicted octanol–water partition coefficient (Wildman–Crippen LogP) is 0.959. The van der Waals surface area contributed by atoms with Crippen LogP contribution in [0.15, 0.2) is 11.7 Å². The van der Waals surface area contributed by atoms with E-state index in [1.807, 2.05) is 0 Å².